The largest absolute Gasteiger partial charge is 0.481 e. The second-order valence-corrected chi connectivity index (χ2v) is 3.76. The molecular formula is C10H8BrNO2. The van der Waals surface area contributed by atoms with Gasteiger partial charge in [0.05, 0.1) is 17.6 Å². The van der Waals surface area contributed by atoms with Crippen LogP contribution < -0.4 is 0 Å². The summed E-state index contributed by atoms with van der Waals surface area (Å²) in [6, 6.07) is 6.89. The van der Waals surface area contributed by atoms with Crippen molar-refractivity contribution in [2.45, 2.75) is 12.8 Å². The van der Waals surface area contributed by atoms with E-state index in [1.54, 1.807) is 25.1 Å². The maximum absolute atomic E-state index is 10.7. The molecule has 1 aromatic carbocycles. The van der Waals surface area contributed by atoms with E-state index in [9.17, 15) is 4.79 Å². The minimum atomic E-state index is -0.902. The van der Waals surface area contributed by atoms with E-state index < -0.39 is 11.9 Å². The van der Waals surface area contributed by atoms with Crippen LogP contribution in [0.15, 0.2) is 22.7 Å². The van der Waals surface area contributed by atoms with Crippen LogP contribution in [0.25, 0.3) is 0 Å². The van der Waals surface area contributed by atoms with Gasteiger partial charge in [-0.2, -0.15) is 5.26 Å². The summed E-state index contributed by atoms with van der Waals surface area (Å²) in [5.41, 5.74) is 1.09. The molecule has 1 unspecified atom stereocenters. The third-order valence-electron chi connectivity index (χ3n) is 1.96. The molecule has 4 heteroatoms. The molecule has 1 rings (SSSR count). The van der Waals surface area contributed by atoms with Gasteiger partial charge >= 0.3 is 5.97 Å². The Morgan fingerprint density at radius 1 is 1.64 bits per heavy atom. The van der Waals surface area contributed by atoms with Gasteiger partial charge in [0.15, 0.2) is 0 Å². The van der Waals surface area contributed by atoms with Gasteiger partial charge in [-0.05, 0) is 30.7 Å². The van der Waals surface area contributed by atoms with Crippen LogP contribution in [-0.2, 0) is 4.79 Å². The number of hydrogen-bond donors (Lipinski definition) is 1. The van der Waals surface area contributed by atoms with Crippen molar-refractivity contribution in [1.29, 1.82) is 5.26 Å². The Kier molecular flexibility index (Phi) is 3.26. The summed E-state index contributed by atoms with van der Waals surface area (Å²) in [5.74, 6) is -1.52. The van der Waals surface area contributed by atoms with Crippen molar-refractivity contribution in [2.75, 3.05) is 0 Å². The van der Waals surface area contributed by atoms with Crippen molar-refractivity contribution in [3.8, 4) is 6.07 Å². The molecule has 1 atom stereocenters. The van der Waals surface area contributed by atoms with Gasteiger partial charge in [0.25, 0.3) is 0 Å². The Morgan fingerprint density at radius 2 is 2.29 bits per heavy atom. The Morgan fingerprint density at radius 3 is 2.79 bits per heavy atom. The average molecular weight is 254 g/mol. The first-order valence-electron chi connectivity index (χ1n) is 3.98. The monoisotopic (exact) mass is 253 g/mol. The maximum Gasteiger partial charge on any atom is 0.310 e. The zero-order chi connectivity index (χ0) is 10.7. The number of nitrogens with zero attached hydrogens (tertiary/aromatic N) is 1. The standard InChI is InChI=1S/C10H8BrNO2/c1-6(10(13)14)8-4-7(5-12)2-3-9(8)11/h2-4,6H,1H3,(H,13,14). The molecule has 0 spiro atoms. The van der Waals surface area contributed by atoms with Gasteiger partial charge in [0.2, 0.25) is 0 Å². The highest BCUT2D eigenvalue weighted by molar-refractivity contribution is 9.10. The fourth-order valence-corrected chi connectivity index (χ4v) is 1.67. The number of benzene rings is 1. The van der Waals surface area contributed by atoms with Crippen molar-refractivity contribution in [3.63, 3.8) is 0 Å². The predicted octanol–water partition coefficient (Wildman–Crippen LogP) is 2.51. The van der Waals surface area contributed by atoms with Crippen molar-refractivity contribution in [1.82, 2.24) is 0 Å². The van der Waals surface area contributed by atoms with Crippen LogP contribution in [0.3, 0.4) is 0 Å². The molecule has 0 saturated carbocycles. The quantitative estimate of drug-likeness (QED) is 0.881. The number of rotatable bonds is 2. The van der Waals surface area contributed by atoms with Crippen LogP contribution >= 0.6 is 15.9 Å². The maximum atomic E-state index is 10.7. The summed E-state index contributed by atoms with van der Waals surface area (Å²) in [6.07, 6.45) is 0. The van der Waals surface area contributed by atoms with Gasteiger partial charge < -0.3 is 5.11 Å². The highest BCUT2D eigenvalue weighted by Crippen LogP contribution is 2.25. The molecule has 0 saturated heterocycles. The summed E-state index contributed by atoms with van der Waals surface area (Å²) in [7, 11) is 0. The van der Waals surface area contributed by atoms with Crippen LogP contribution in [0.5, 0.6) is 0 Å². The fourth-order valence-electron chi connectivity index (χ4n) is 1.08. The SMILES string of the molecule is CC(C(=O)O)c1cc(C#N)ccc1Br. The highest BCUT2D eigenvalue weighted by atomic mass is 79.9. The second kappa shape index (κ2) is 4.25. The minimum absolute atomic E-state index is 0.469. The van der Waals surface area contributed by atoms with E-state index in [0.717, 1.165) is 0 Å². The number of carbonyl (C=O) groups is 1. The molecule has 0 aliphatic carbocycles. The van der Waals surface area contributed by atoms with E-state index in [1.807, 2.05) is 6.07 Å². The lowest BCUT2D eigenvalue weighted by atomic mass is 10.00. The number of halogens is 1. The summed E-state index contributed by atoms with van der Waals surface area (Å²) >= 11 is 3.26. The molecule has 72 valence electrons. The third-order valence-corrected chi connectivity index (χ3v) is 2.68. The molecular weight excluding hydrogens is 246 g/mol. The molecule has 0 heterocycles. The van der Waals surface area contributed by atoms with E-state index in [1.165, 1.54) is 0 Å². The summed E-state index contributed by atoms with van der Waals surface area (Å²) < 4.78 is 0.714. The molecule has 0 bridgehead atoms. The zero-order valence-electron chi connectivity index (χ0n) is 7.49. The lowest BCUT2D eigenvalue weighted by Crippen LogP contribution is -2.08. The molecule has 3 nitrogen and oxygen atoms in total. The summed E-state index contributed by atoms with van der Waals surface area (Å²) in [4.78, 5) is 10.7. The number of carboxylic acid groups (broad SMARTS) is 1. The fraction of sp³-hybridized carbons (Fsp3) is 0.200. The van der Waals surface area contributed by atoms with Crippen molar-refractivity contribution in [3.05, 3.63) is 33.8 Å². The summed E-state index contributed by atoms with van der Waals surface area (Å²) in [6.45, 7) is 1.59. The van der Waals surface area contributed by atoms with Crippen LogP contribution in [0.4, 0.5) is 0 Å². The number of carboxylic acids is 1. The van der Waals surface area contributed by atoms with Gasteiger partial charge in [-0.1, -0.05) is 15.9 Å². The Balaban J connectivity index is 3.20. The smallest absolute Gasteiger partial charge is 0.310 e. The normalized spacial score (nSPS) is 11.8. The Hall–Kier alpha value is -1.34. The van der Waals surface area contributed by atoms with Crippen LogP contribution in [0.2, 0.25) is 0 Å². The lowest BCUT2D eigenvalue weighted by Gasteiger charge is -2.08. The minimum Gasteiger partial charge on any atom is -0.481 e. The molecule has 1 aromatic rings. The molecule has 0 radical (unpaired) electrons. The van der Waals surface area contributed by atoms with Gasteiger partial charge in [-0.25, -0.2) is 0 Å². The molecule has 0 aromatic heterocycles. The molecule has 14 heavy (non-hydrogen) atoms. The third kappa shape index (κ3) is 2.12. The van der Waals surface area contributed by atoms with Gasteiger partial charge in [-0.3, -0.25) is 4.79 Å². The van der Waals surface area contributed by atoms with Gasteiger partial charge in [0, 0.05) is 4.47 Å². The number of hydrogen-bond acceptors (Lipinski definition) is 2. The van der Waals surface area contributed by atoms with E-state index in [4.69, 9.17) is 10.4 Å². The van der Waals surface area contributed by atoms with Crippen molar-refractivity contribution in [2.24, 2.45) is 0 Å². The first-order valence-corrected chi connectivity index (χ1v) is 4.78. The van der Waals surface area contributed by atoms with Crippen LogP contribution in [0, 0.1) is 11.3 Å². The van der Waals surface area contributed by atoms with E-state index >= 15 is 0 Å². The Labute approximate surface area is 90.1 Å². The first kappa shape index (κ1) is 10.7. The molecule has 1 N–H and O–H groups in total. The average Bonchev–Trinajstić information content (AvgIpc) is 2.17. The van der Waals surface area contributed by atoms with Crippen molar-refractivity contribution < 1.29 is 9.90 Å². The zero-order valence-corrected chi connectivity index (χ0v) is 9.08. The van der Waals surface area contributed by atoms with E-state index in [-0.39, 0.29) is 0 Å². The lowest BCUT2D eigenvalue weighted by molar-refractivity contribution is -0.138. The van der Waals surface area contributed by atoms with E-state index in [0.29, 0.717) is 15.6 Å². The van der Waals surface area contributed by atoms with Crippen LogP contribution in [-0.4, -0.2) is 11.1 Å². The van der Waals surface area contributed by atoms with Crippen LogP contribution in [0.1, 0.15) is 24.0 Å². The molecule has 0 aliphatic rings. The number of aliphatic carboxylic acids is 1. The van der Waals surface area contributed by atoms with Crippen molar-refractivity contribution >= 4 is 21.9 Å². The molecule has 0 aliphatic heterocycles. The van der Waals surface area contributed by atoms with Gasteiger partial charge in [0.1, 0.15) is 0 Å². The summed E-state index contributed by atoms with van der Waals surface area (Å²) in [5, 5.41) is 17.5. The first-order chi connectivity index (χ1) is 6.56. The highest BCUT2D eigenvalue weighted by Gasteiger charge is 2.16. The predicted molar refractivity (Wildman–Crippen MR) is 54.9 cm³/mol. The second-order valence-electron chi connectivity index (χ2n) is 2.91. The van der Waals surface area contributed by atoms with E-state index in [2.05, 4.69) is 15.9 Å². The molecule has 0 amide bonds. The van der Waals surface area contributed by atoms with Gasteiger partial charge in [-0.15, -0.1) is 0 Å². The molecule has 0 fully saturated rings. The Bertz CT molecular complexity index is 409. The topological polar surface area (TPSA) is 61.1 Å². The number of nitriles is 1.